The van der Waals surface area contributed by atoms with Crippen molar-refractivity contribution in [3.8, 4) is 23.5 Å². The first-order valence-corrected chi connectivity index (χ1v) is 10.5. The second-order valence-corrected chi connectivity index (χ2v) is 8.20. The Balaban J connectivity index is 1.97. The van der Waals surface area contributed by atoms with Crippen molar-refractivity contribution in [2.45, 2.75) is 37.5 Å². The third kappa shape index (κ3) is 4.71. The predicted octanol–water partition coefficient (Wildman–Crippen LogP) is 4.79. The number of furan rings is 1. The number of pyridine rings is 1. The summed E-state index contributed by atoms with van der Waals surface area (Å²) in [6, 6.07) is 13.2. The fourth-order valence-electron chi connectivity index (χ4n) is 3.28. The van der Waals surface area contributed by atoms with Gasteiger partial charge in [0, 0.05) is 5.69 Å². The Kier molecular flexibility index (Phi) is 6.64. The van der Waals surface area contributed by atoms with Crippen molar-refractivity contribution in [3.63, 3.8) is 0 Å². The molecule has 8 heteroatoms. The number of rotatable bonds is 6. The van der Waals surface area contributed by atoms with E-state index < -0.39 is 5.25 Å². The number of nitriles is 2. The number of hydrogen-bond donors (Lipinski definition) is 2. The summed E-state index contributed by atoms with van der Waals surface area (Å²) in [7, 11) is 0. The number of benzene rings is 1. The van der Waals surface area contributed by atoms with Gasteiger partial charge in [0.2, 0.25) is 5.91 Å². The zero-order chi connectivity index (χ0) is 22.5. The van der Waals surface area contributed by atoms with Crippen LogP contribution in [0, 0.1) is 36.5 Å². The van der Waals surface area contributed by atoms with Gasteiger partial charge in [0.15, 0.2) is 0 Å². The van der Waals surface area contributed by atoms with Crippen molar-refractivity contribution >= 4 is 29.2 Å². The zero-order valence-electron chi connectivity index (χ0n) is 17.4. The van der Waals surface area contributed by atoms with Crippen LogP contribution in [0.25, 0.3) is 11.3 Å². The molecule has 3 aromatic rings. The van der Waals surface area contributed by atoms with Gasteiger partial charge in [0.25, 0.3) is 0 Å². The van der Waals surface area contributed by atoms with Gasteiger partial charge in [-0.1, -0.05) is 24.8 Å². The molecule has 1 aromatic carbocycles. The highest BCUT2D eigenvalue weighted by Gasteiger charge is 2.26. The predicted molar refractivity (Wildman–Crippen MR) is 120 cm³/mol. The number of thioether (sulfide) groups is 1. The van der Waals surface area contributed by atoms with Crippen LogP contribution in [0.3, 0.4) is 0 Å². The summed E-state index contributed by atoms with van der Waals surface area (Å²) in [4.78, 5) is 17.2. The van der Waals surface area contributed by atoms with E-state index in [4.69, 9.17) is 10.2 Å². The van der Waals surface area contributed by atoms with Crippen molar-refractivity contribution in [3.05, 3.63) is 58.8 Å². The van der Waals surface area contributed by atoms with Gasteiger partial charge in [-0.15, -0.1) is 0 Å². The van der Waals surface area contributed by atoms with Crippen molar-refractivity contribution in [1.29, 1.82) is 10.5 Å². The molecule has 2 heterocycles. The molecule has 0 saturated heterocycles. The average molecular weight is 432 g/mol. The van der Waals surface area contributed by atoms with Crippen LogP contribution in [-0.4, -0.2) is 16.1 Å². The lowest BCUT2D eigenvalue weighted by atomic mass is 10.0. The van der Waals surface area contributed by atoms with Gasteiger partial charge >= 0.3 is 0 Å². The highest BCUT2D eigenvalue weighted by Crippen LogP contribution is 2.37. The van der Waals surface area contributed by atoms with Gasteiger partial charge < -0.3 is 15.5 Å². The van der Waals surface area contributed by atoms with E-state index in [1.807, 2.05) is 45.0 Å². The molecular formula is C23H21N5O2S. The van der Waals surface area contributed by atoms with Crippen LogP contribution in [0.15, 0.2) is 46.0 Å². The SMILES string of the molecule is CCC(Sc1nc(N)c(C#N)c(-c2ccco2)c1C#N)C(=O)Nc1cc(C)cc(C)c1. The van der Waals surface area contributed by atoms with Crippen molar-refractivity contribution in [2.75, 3.05) is 11.1 Å². The maximum absolute atomic E-state index is 12.9. The topological polar surface area (TPSA) is 129 Å². The molecule has 7 nitrogen and oxygen atoms in total. The number of nitrogens with zero attached hydrogens (tertiary/aromatic N) is 3. The number of aryl methyl sites for hydroxylation is 2. The molecule has 0 aliphatic carbocycles. The number of amides is 1. The molecule has 1 amide bonds. The van der Waals surface area contributed by atoms with Gasteiger partial charge in [0.1, 0.15) is 34.3 Å². The van der Waals surface area contributed by atoms with Crippen molar-refractivity contribution in [2.24, 2.45) is 0 Å². The minimum Gasteiger partial charge on any atom is -0.464 e. The van der Waals surface area contributed by atoms with E-state index in [-0.39, 0.29) is 33.4 Å². The number of carbonyl (C=O) groups is 1. The monoisotopic (exact) mass is 431 g/mol. The lowest BCUT2D eigenvalue weighted by Crippen LogP contribution is -2.25. The Bertz CT molecular complexity index is 1190. The Morgan fingerprint density at radius 2 is 1.90 bits per heavy atom. The standard InChI is InChI=1S/C23H21N5O2S/c1-4-19(22(29)27-15-9-13(2)8-14(3)10-15)31-23-17(12-25)20(18-6-5-7-30-18)16(11-24)21(26)28-23/h5-10,19H,4H2,1-3H3,(H2,26,28)(H,27,29). The molecule has 156 valence electrons. The molecular weight excluding hydrogens is 410 g/mol. The first kappa shape index (κ1) is 21.9. The van der Waals surface area contributed by atoms with Gasteiger partial charge in [-0.25, -0.2) is 4.98 Å². The van der Waals surface area contributed by atoms with Crippen LogP contribution in [0.5, 0.6) is 0 Å². The minimum atomic E-state index is -0.516. The normalized spacial score (nSPS) is 11.4. The fraction of sp³-hybridized carbons (Fsp3) is 0.217. The van der Waals surface area contributed by atoms with E-state index in [1.165, 1.54) is 6.26 Å². The highest BCUT2D eigenvalue weighted by atomic mass is 32.2. The second kappa shape index (κ2) is 9.38. The average Bonchev–Trinajstić information content (AvgIpc) is 3.25. The van der Waals surface area contributed by atoms with Gasteiger partial charge in [-0.05, 0) is 55.7 Å². The van der Waals surface area contributed by atoms with Crippen molar-refractivity contribution in [1.82, 2.24) is 4.98 Å². The zero-order valence-corrected chi connectivity index (χ0v) is 18.2. The summed E-state index contributed by atoms with van der Waals surface area (Å²) in [5.74, 6) is 0.127. The lowest BCUT2D eigenvalue weighted by molar-refractivity contribution is -0.115. The van der Waals surface area contributed by atoms with Crippen LogP contribution in [0.1, 0.15) is 35.6 Å². The van der Waals surface area contributed by atoms with E-state index in [2.05, 4.69) is 16.4 Å². The number of aromatic nitrogens is 1. The maximum Gasteiger partial charge on any atom is 0.237 e. The summed E-state index contributed by atoms with van der Waals surface area (Å²) >= 11 is 1.14. The highest BCUT2D eigenvalue weighted by molar-refractivity contribution is 8.00. The van der Waals surface area contributed by atoms with Crippen LogP contribution in [-0.2, 0) is 4.79 Å². The molecule has 3 N–H and O–H groups in total. The first-order valence-electron chi connectivity index (χ1n) is 9.61. The fourth-order valence-corrected chi connectivity index (χ4v) is 4.30. The molecule has 1 atom stereocenters. The molecule has 0 fully saturated rings. The summed E-state index contributed by atoms with van der Waals surface area (Å²) < 4.78 is 5.42. The quantitative estimate of drug-likeness (QED) is 0.537. The Morgan fingerprint density at radius 1 is 1.23 bits per heavy atom. The van der Waals surface area contributed by atoms with Gasteiger partial charge in [-0.3, -0.25) is 4.79 Å². The Labute approximate surface area is 184 Å². The van der Waals surface area contributed by atoms with Gasteiger partial charge in [0.05, 0.1) is 22.6 Å². The number of nitrogens with one attached hydrogen (secondary N) is 1. The van der Waals surface area contributed by atoms with E-state index in [0.717, 1.165) is 22.9 Å². The number of anilines is 2. The van der Waals surface area contributed by atoms with E-state index in [9.17, 15) is 15.3 Å². The first-order chi connectivity index (χ1) is 14.9. The number of nitrogen functional groups attached to an aromatic ring is 1. The van der Waals surface area contributed by atoms with Gasteiger partial charge in [-0.2, -0.15) is 10.5 Å². The lowest BCUT2D eigenvalue weighted by Gasteiger charge is -2.17. The van der Waals surface area contributed by atoms with Crippen LogP contribution >= 0.6 is 11.8 Å². The molecule has 0 spiro atoms. The molecule has 0 aliphatic heterocycles. The van der Waals surface area contributed by atoms with Crippen molar-refractivity contribution < 1.29 is 9.21 Å². The molecule has 2 aromatic heterocycles. The molecule has 3 rings (SSSR count). The van der Waals surface area contributed by atoms with Crippen LogP contribution in [0.2, 0.25) is 0 Å². The molecule has 0 saturated carbocycles. The summed E-state index contributed by atoms with van der Waals surface area (Å²) in [5, 5.41) is 22.1. The van der Waals surface area contributed by atoms with Crippen LogP contribution < -0.4 is 11.1 Å². The molecule has 0 aliphatic rings. The largest absolute Gasteiger partial charge is 0.464 e. The third-order valence-corrected chi connectivity index (χ3v) is 5.94. The van der Waals surface area contributed by atoms with E-state index >= 15 is 0 Å². The molecule has 0 radical (unpaired) electrons. The molecule has 31 heavy (non-hydrogen) atoms. The number of carbonyl (C=O) groups excluding carboxylic acids is 1. The van der Waals surface area contributed by atoms with Crippen LogP contribution in [0.4, 0.5) is 11.5 Å². The maximum atomic E-state index is 12.9. The molecule has 0 bridgehead atoms. The summed E-state index contributed by atoms with van der Waals surface area (Å²) in [6.45, 7) is 5.81. The number of nitrogens with two attached hydrogens (primary N) is 1. The minimum absolute atomic E-state index is 0.0139. The smallest absolute Gasteiger partial charge is 0.237 e. The third-order valence-electron chi connectivity index (χ3n) is 4.59. The number of hydrogen-bond acceptors (Lipinski definition) is 7. The molecule has 1 unspecified atom stereocenters. The summed E-state index contributed by atoms with van der Waals surface area (Å²) in [5.41, 5.74) is 9.34. The van der Waals surface area contributed by atoms with E-state index in [0.29, 0.717) is 17.9 Å². The summed E-state index contributed by atoms with van der Waals surface area (Å²) in [6.07, 6.45) is 1.96. The second-order valence-electron chi connectivity index (χ2n) is 7.01. The Hall–Kier alpha value is -3.75. The van der Waals surface area contributed by atoms with E-state index in [1.54, 1.807) is 12.1 Å². The Morgan fingerprint density at radius 3 is 2.45 bits per heavy atom.